The fourth-order valence-corrected chi connectivity index (χ4v) is 12.2. The molecule has 9 atom stereocenters. The zero-order chi connectivity index (χ0) is 43.7. The summed E-state index contributed by atoms with van der Waals surface area (Å²) in [4.78, 5) is 43.1. The Morgan fingerprint density at radius 3 is 1.03 bits per heavy atom. The molecule has 5 aliphatic rings. The van der Waals surface area contributed by atoms with Crippen molar-refractivity contribution >= 4 is 17.9 Å². The van der Waals surface area contributed by atoms with E-state index in [1.165, 1.54) is 0 Å². The van der Waals surface area contributed by atoms with Gasteiger partial charge in [-0.15, -0.1) is 0 Å². The van der Waals surface area contributed by atoms with Gasteiger partial charge < -0.3 is 45.3 Å². The summed E-state index contributed by atoms with van der Waals surface area (Å²) in [6.45, 7) is 35.0. The lowest BCUT2D eigenvalue weighted by Crippen LogP contribution is -2.50. The zero-order valence-electron chi connectivity index (χ0n) is 39.1. The molecule has 0 aromatic carbocycles. The highest BCUT2D eigenvalue weighted by molar-refractivity contribution is 5.84. The molecule has 4 saturated heterocycles. The highest BCUT2D eigenvalue weighted by Crippen LogP contribution is 2.45. The van der Waals surface area contributed by atoms with Crippen LogP contribution >= 0.6 is 0 Å². The van der Waals surface area contributed by atoms with E-state index in [1.807, 2.05) is 0 Å². The molecule has 4 aliphatic heterocycles. The molecule has 9 unspecified atom stereocenters. The third kappa shape index (κ3) is 11.0. The number of ether oxygens (including phenoxy) is 4. The molecule has 0 spiro atoms. The third-order valence-electron chi connectivity index (χ3n) is 14.8. The fraction of sp³-hybridized carbons (Fsp3) is 0.935. The standard InChI is InChI=1S/C46H82N4O8/c1-39(2)19-27(43(9,10)47-39)23-55-35(51)31-17-33(37(53)57-25-29-21-41(5,6)49-45(29,13)14)34(38(54)58-26-30-22-42(7,8)50-46(30,15)16)18-32(31)36(52)56-24-28-20-40(3,4)48-44(28,11)12/h27-35,47-51H,17-26H2,1-16H3. The first-order chi connectivity index (χ1) is 26.2. The largest absolute Gasteiger partial charge is 0.465 e. The number of carbonyl (C=O) groups is 3. The van der Waals surface area contributed by atoms with Gasteiger partial charge in [0, 0.05) is 73.9 Å². The second-order valence-corrected chi connectivity index (χ2v) is 24.1. The van der Waals surface area contributed by atoms with Crippen LogP contribution < -0.4 is 21.3 Å². The SMILES string of the molecule is CC1(C)CC(COC(=O)C2CC(C(=O)OCC3CC(C)(C)NC3(C)C)C(C(O)OCC3CC(C)(C)NC3(C)C)CC2C(=O)OCC2CC(C)(C)NC2(C)C)C(C)(C)N1. The molecule has 0 amide bonds. The van der Waals surface area contributed by atoms with Crippen LogP contribution in [0.5, 0.6) is 0 Å². The predicted molar refractivity (Wildman–Crippen MR) is 226 cm³/mol. The lowest BCUT2D eigenvalue weighted by atomic mass is 9.67. The van der Waals surface area contributed by atoms with Crippen LogP contribution in [0.4, 0.5) is 0 Å². The van der Waals surface area contributed by atoms with Crippen LogP contribution in [-0.2, 0) is 33.3 Å². The average Bonchev–Trinajstić information content (AvgIpc) is 3.60. The molecular weight excluding hydrogens is 737 g/mol. The third-order valence-corrected chi connectivity index (χ3v) is 14.8. The first kappa shape index (κ1) is 47.2. The second-order valence-electron chi connectivity index (χ2n) is 24.1. The number of aliphatic hydroxyl groups is 1. The van der Waals surface area contributed by atoms with Crippen LogP contribution in [0.2, 0.25) is 0 Å². The maximum absolute atomic E-state index is 14.4. The van der Waals surface area contributed by atoms with E-state index in [9.17, 15) is 19.5 Å². The van der Waals surface area contributed by atoms with Gasteiger partial charge in [0.1, 0.15) is 0 Å². The first-order valence-electron chi connectivity index (χ1n) is 22.2. The molecule has 1 aliphatic carbocycles. The summed E-state index contributed by atoms with van der Waals surface area (Å²) in [7, 11) is 0. The minimum Gasteiger partial charge on any atom is -0.465 e. The average molecular weight is 819 g/mol. The van der Waals surface area contributed by atoms with Gasteiger partial charge in [-0.3, -0.25) is 14.4 Å². The number of nitrogens with one attached hydrogen (secondary N) is 4. The van der Waals surface area contributed by atoms with E-state index in [4.69, 9.17) is 18.9 Å². The molecule has 0 aromatic heterocycles. The maximum Gasteiger partial charge on any atom is 0.309 e. The zero-order valence-corrected chi connectivity index (χ0v) is 39.1. The lowest BCUT2D eigenvalue weighted by Gasteiger charge is -2.41. The van der Waals surface area contributed by atoms with E-state index in [-0.39, 0.29) is 107 Å². The molecule has 0 radical (unpaired) electrons. The molecule has 334 valence electrons. The number of rotatable bonds is 13. The van der Waals surface area contributed by atoms with Crippen molar-refractivity contribution in [2.24, 2.45) is 47.3 Å². The van der Waals surface area contributed by atoms with Crippen LogP contribution in [-0.4, -0.2) is 100 Å². The maximum atomic E-state index is 14.4. The van der Waals surface area contributed by atoms with Crippen molar-refractivity contribution in [3.8, 4) is 0 Å². The lowest BCUT2D eigenvalue weighted by molar-refractivity contribution is -0.195. The molecule has 1 saturated carbocycles. The Balaban J connectivity index is 1.41. The van der Waals surface area contributed by atoms with Crippen molar-refractivity contribution < 1.29 is 38.4 Å². The molecule has 5 rings (SSSR count). The monoisotopic (exact) mass is 819 g/mol. The van der Waals surface area contributed by atoms with Crippen LogP contribution in [0.25, 0.3) is 0 Å². The predicted octanol–water partition coefficient (Wildman–Crippen LogP) is 5.88. The minimum atomic E-state index is -1.38. The molecule has 4 heterocycles. The highest BCUT2D eigenvalue weighted by atomic mass is 16.6. The highest BCUT2D eigenvalue weighted by Gasteiger charge is 2.54. The molecule has 0 bridgehead atoms. The molecule has 58 heavy (non-hydrogen) atoms. The van der Waals surface area contributed by atoms with Gasteiger partial charge in [-0.25, -0.2) is 0 Å². The quantitative estimate of drug-likeness (QED) is 0.0857. The Morgan fingerprint density at radius 2 is 0.741 bits per heavy atom. The molecule has 12 heteroatoms. The van der Waals surface area contributed by atoms with E-state index in [0.29, 0.717) is 0 Å². The summed E-state index contributed by atoms with van der Waals surface area (Å²) < 4.78 is 24.7. The normalized spacial score (nSPS) is 36.6. The summed E-state index contributed by atoms with van der Waals surface area (Å²) in [6.07, 6.45) is 1.93. The Bertz CT molecular complexity index is 1520. The molecule has 0 aromatic rings. The Morgan fingerprint density at radius 1 is 0.466 bits per heavy atom. The number of hydrogen-bond acceptors (Lipinski definition) is 12. The van der Waals surface area contributed by atoms with E-state index < -0.39 is 47.9 Å². The summed E-state index contributed by atoms with van der Waals surface area (Å²) >= 11 is 0. The number of aliphatic hydroxyl groups excluding tert-OH is 1. The topological polar surface area (TPSA) is 156 Å². The van der Waals surface area contributed by atoms with E-state index in [1.54, 1.807) is 0 Å². The van der Waals surface area contributed by atoms with Crippen LogP contribution in [0.3, 0.4) is 0 Å². The van der Waals surface area contributed by atoms with Crippen molar-refractivity contribution in [3.05, 3.63) is 0 Å². The Labute approximate surface area is 350 Å². The Hall–Kier alpha value is -1.83. The van der Waals surface area contributed by atoms with Crippen LogP contribution in [0, 0.1) is 47.3 Å². The van der Waals surface area contributed by atoms with Gasteiger partial charge in [-0.1, -0.05) is 0 Å². The second kappa shape index (κ2) is 16.1. The van der Waals surface area contributed by atoms with Gasteiger partial charge in [0.25, 0.3) is 0 Å². The van der Waals surface area contributed by atoms with Crippen LogP contribution in [0.15, 0.2) is 0 Å². The van der Waals surface area contributed by atoms with Gasteiger partial charge in [0.05, 0.1) is 44.2 Å². The number of esters is 3. The minimum absolute atomic E-state index is 0.0160. The summed E-state index contributed by atoms with van der Waals surface area (Å²) in [5.41, 5.74) is -1.47. The van der Waals surface area contributed by atoms with Gasteiger partial charge >= 0.3 is 17.9 Å². The summed E-state index contributed by atoms with van der Waals surface area (Å²) in [5, 5.41) is 26.6. The Kier molecular flexibility index (Phi) is 13.1. The molecule has 5 fully saturated rings. The van der Waals surface area contributed by atoms with Gasteiger partial charge in [-0.05, 0) is 149 Å². The first-order valence-corrected chi connectivity index (χ1v) is 22.2. The smallest absolute Gasteiger partial charge is 0.309 e. The van der Waals surface area contributed by atoms with Crippen molar-refractivity contribution in [1.29, 1.82) is 0 Å². The molecular formula is C46H82N4O8. The molecule has 5 N–H and O–H groups in total. The fourth-order valence-electron chi connectivity index (χ4n) is 12.2. The molecule has 12 nitrogen and oxygen atoms in total. The van der Waals surface area contributed by atoms with E-state index in [2.05, 4.69) is 132 Å². The van der Waals surface area contributed by atoms with Crippen molar-refractivity contribution in [2.45, 2.75) is 200 Å². The van der Waals surface area contributed by atoms with E-state index in [0.717, 1.165) is 25.7 Å². The van der Waals surface area contributed by atoms with Crippen molar-refractivity contribution in [3.63, 3.8) is 0 Å². The summed E-state index contributed by atoms with van der Waals surface area (Å²) in [6, 6.07) is 0. The number of hydrogen-bond donors (Lipinski definition) is 5. The van der Waals surface area contributed by atoms with Gasteiger partial charge in [0.2, 0.25) is 0 Å². The van der Waals surface area contributed by atoms with Crippen molar-refractivity contribution in [2.75, 3.05) is 26.4 Å². The summed E-state index contributed by atoms with van der Waals surface area (Å²) in [5.74, 6) is -4.90. The van der Waals surface area contributed by atoms with Gasteiger partial charge in [0.15, 0.2) is 6.29 Å². The van der Waals surface area contributed by atoms with Gasteiger partial charge in [-0.2, -0.15) is 0 Å². The van der Waals surface area contributed by atoms with Crippen LogP contribution in [0.1, 0.15) is 149 Å². The van der Waals surface area contributed by atoms with Crippen molar-refractivity contribution in [1.82, 2.24) is 21.3 Å². The van der Waals surface area contributed by atoms with E-state index >= 15 is 0 Å². The number of carbonyl (C=O) groups excluding carboxylic acids is 3.